The fourth-order valence-electron chi connectivity index (χ4n) is 4.10. The largest absolute Gasteiger partial charge is 0.481 e. The van der Waals surface area contributed by atoms with E-state index in [2.05, 4.69) is 76.6 Å². The van der Waals surface area contributed by atoms with Crippen molar-refractivity contribution in [1.29, 1.82) is 0 Å². The summed E-state index contributed by atoms with van der Waals surface area (Å²) in [6, 6.07) is 10.5. The van der Waals surface area contributed by atoms with Crippen molar-refractivity contribution in [3.8, 4) is 11.1 Å². The van der Waals surface area contributed by atoms with Crippen LogP contribution in [0, 0.1) is 13.8 Å². The number of benzene rings is 2. The Morgan fingerprint density at radius 1 is 1.19 bits per heavy atom. The molecule has 0 saturated carbocycles. The first kappa shape index (κ1) is 17.2. The zero-order valence-electron chi connectivity index (χ0n) is 15.1. The van der Waals surface area contributed by atoms with Gasteiger partial charge in [-0.2, -0.15) is 0 Å². The molecule has 5 heteroatoms. The van der Waals surface area contributed by atoms with Gasteiger partial charge in [0.05, 0.1) is 22.2 Å². The van der Waals surface area contributed by atoms with E-state index < -0.39 is 5.97 Å². The van der Waals surface area contributed by atoms with Crippen LogP contribution in [0.15, 0.2) is 34.9 Å². The number of carbonyl (C=O) groups is 1. The third-order valence-electron chi connectivity index (χ3n) is 5.36. The topological polar surface area (TPSA) is 45.5 Å². The second-order valence-corrected chi connectivity index (χ2v) is 7.88. The number of halogens is 1. The summed E-state index contributed by atoms with van der Waals surface area (Å²) in [6.45, 7) is 5.94. The minimum absolute atomic E-state index is 0.0224. The van der Waals surface area contributed by atoms with E-state index >= 15 is 0 Å². The summed E-state index contributed by atoms with van der Waals surface area (Å²) in [5, 5.41) is 10.7. The molecule has 2 aromatic carbocycles. The lowest BCUT2D eigenvalue weighted by molar-refractivity contribution is -0.136. The number of anilines is 1. The fraction of sp³-hybridized carbons (Fsp3) is 0.286. The van der Waals surface area contributed by atoms with Crippen LogP contribution in [-0.4, -0.2) is 29.2 Å². The lowest BCUT2D eigenvalue weighted by Gasteiger charge is -2.31. The Labute approximate surface area is 161 Å². The first-order valence-corrected chi connectivity index (χ1v) is 9.52. The number of carboxylic acids is 1. The molecule has 0 aliphatic carbocycles. The van der Waals surface area contributed by atoms with Crippen molar-refractivity contribution in [3.05, 3.63) is 51.6 Å². The first-order chi connectivity index (χ1) is 12.4. The summed E-state index contributed by atoms with van der Waals surface area (Å²) in [4.78, 5) is 13.9. The Kier molecular flexibility index (Phi) is 4.07. The van der Waals surface area contributed by atoms with Gasteiger partial charge in [-0.3, -0.25) is 4.79 Å². The van der Waals surface area contributed by atoms with Crippen LogP contribution in [0.5, 0.6) is 0 Å². The van der Waals surface area contributed by atoms with Gasteiger partial charge in [-0.1, -0.05) is 29.8 Å². The van der Waals surface area contributed by atoms with Crippen LogP contribution in [0.4, 0.5) is 5.69 Å². The predicted molar refractivity (Wildman–Crippen MR) is 109 cm³/mol. The second-order valence-electron chi connectivity index (χ2n) is 7.07. The van der Waals surface area contributed by atoms with Gasteiger partial charge in [0.2, 0.25) is 0 Å². The maximum atomic E-state index is 11.6. The molecule has 26 heavy (non-hydrogen) atoms. The van der Waals surface area contributed by atoms with Crippen molar-refractivity contribution in [3.63, 3.8) is 0 Å². The Hall–Kier alpha value is -2.27. The molecule has 1 N–H and O–H groups in total. The Balaban J connectivity index is 2.15. The number of nitrogens with zero attached hydrogens (tertiary/aromatic N) is 2. The number of rotatable bonds is 3. The van der Waals surface area contributed by atoms with E-state index in [1.54, 1.807) is 0 Å². The molecule has 0 atom stereocenters. The molecule has 4 nitrogen and oxygen atoms in total. The average molecular weight is 413 g/mol. The molecule has 3 aromatic rings. The summed E-state index contributed by atoms with van der Waals surface area (Å²) < 4.78 is 3.34. The van der Waals surface area contributed by atoms with Gasteiger partial charge in [0.25, 0.3) is 0 Å². The van der Waals surface area contributed by atoms with Crippen LogP contribution in [0.3, 0.4) is 0 Å². The highest BCUT2D eigenvalue weighted by Gasteiger charge is 2.27. The summed E-state index contributed by atoms with van der Waals surface area (Å²) in [5.74, 6) is -0.801. The smallest absolute Gasteiger partial charge is 0.307 e. The molecule has 0 unspecified atom stereocenters. The van der Waals surface area contributed by atoms with E-state index in [0.29, 0.717) is 0 Å². The summed E-state index contributed by atoms with van der Waals surface area (Å²) in [6.07, 6.45) is 0.0224. The van der Waals surface area contributed by atoms with Crippen molar-refractivity contribution in [1.82, 2.24) is 4.57 Å². The van der Waals surface area contributed by atoms with Crippen LogP contribution < -0.4 is 4.90 Å². The highest BCUT2D eigenvalue weighted by atomic mass is 79.9. The molecule has 0 amide bonds. The van der Waals surface area contributed by atoms with E-state index in [1.165, 1.54) is 11.1 Å². The standard InChI is InChI=1S/C21H21BrN2O2/c1-12-4-6-14(7-5-12)19-15(11-18(25)26)13(2)20-21-16(19)10-17(22)24(21)9-8-23(20)3/h4-7,10H,8-9,11H2,1-3H3,(H,25,26). The molecule has 1 aromatic heterocycles. The highest BCUT2D eigenvalue weighted by molar-refractivity contribution is 9.10. The summed E-state index contributed by atoms with van der Waals surface area (Å²) in [5.41, 5.74) is 7.60. The molecular formula is C21H21BrN2O2. The van der Waals surface area contributed by atoms with Gasteiger partial charge >= 0.3 is 5.97 Å². The van der Waals surface area contributed by atoms with E-state index in [4.69, 9.17) is 0 Å². The van der Waals surface area contributed by atoms with Gasteiger partial charge in [-0.25, -0.2) is 0 Å². The van der Waals surface area contributed by atoms with E-state index in [9.17, 15) is 9.90 Å². The number of likely N-dealkylation sites (N-methyl/N-ethyl adjacent to an activating group) is 1. The van der Waals surface area contributed by atoms with Crippen molar-refractivity contribution < 1.29 is 9.90 Å². The monoisotopic (exact) mass is 412 g/mol. The molecule has 2 heterocycles. The van der Waals surface area contributed by atoms with Gasteiger partial charge in [0.1, 0.15) is 0 Å². The predicted octanol–water partition coefficient (Wildman–Crippen LogP) is 4.76. The van der Waals surface area contributed by atoms with Gasteiger partial charge in [0, 0.05) is 25.5 Å². The normalized spacial score (nSPS) is 13.5. The van der Waals surface area contributed by atoms with Crippen molar-refractivity contribution in [2.45, 2.75) is 26.8 Å². The van der Waals surface area contributed by atoms with Gasteiger partial charge in [-0.15, -0.1) is 0 Å². The molecule has 1 aliphatic rings. The molecule has 0 radical (unpaired) electrons. The molecule has 1 aliphatic heterocycles. The maximum absolute atomic E-state index is 11.6. The molecule has 0 fully saturated rings. The van der Waals surface area contributed by atoms with E-state index in [1.807, 2.05) is 0 Å². The van der Waals surface area contributed by atoms with Crippen molar-refractivity contribution in [2.24, 2.45) is 0 Å². The maximum Gasteiger partial charge on any atom is 0.307 e. The highest BCUT2D eigenvalue weighted by Crippen LogP contribution is 2.45. The summed E-state index contributed by atoms with van der Waals surface area (Å²) in [7, 11) is 2.09. The van der Waals surface area contributed by atoms with Crippen LogP contribution in [0.25, 0.3) is 22.0 Å². The quantitative estimate of drug-likeness (QED) is 0.673. The van der Waals surface area contributed by atoms with Crippen molar-refractivity contribution in [2.75, 3.05) is 18.5 Å². The molecule has 0 bridgehead atoms. The molecule has 0 spiro atoms. The molecule has 4 rings (SSSR count). The van der Waals surface area contributed by atoms with Gasteiger partial charge < -0.3 is 14.6 Å². The number of aromatic nitrogens is 1. The Morgan fingerprint density at radius 3 is 2.54 bits per heavy atom. The lowest BCUT2D eigenvalue weighted by Crippen LogP contribution is -2.29. The lowest BCUT2D eigenvalue weighted by atomic mass is 9.88. The van der Waals surface area contributed by atoms with Crippen LogP contribution in [0.2, 0.25) is 0 Å². The van der Waals surface area contributed by atoms with Gasteiger partial charge in [0.15, 0.2) is 0 Å². The fourth-order valence-corrected chi connectivity index (χ4v) is 4.69. The van der Waals surface area contributed by atoms with Crippen LogP contribution >= 0.6 is 15.9 Å². The van der Waals surface area contributed by atoms with E-state index in [-0.39, 0.29) is 6.42 Å². The second kappa shape index (κ2) is 6.16. The Bertz CT molecular complexity index is 1030. The minimum Gasteiger partial charge on any atom is -0.481 e. The SMILES string of the molecule is Cc1ccc(-c2c(CC(=O)O)c(C)c3c4c2cc(Br)n4CCN3C)cc1. The minimum atomic E-state index is -0.801. The third kappa shape index (κ3) is 2.53. The van der Waals surface area contributed by atoms with Crippen LogP contribution in [0.1, 0.15) is 16.7 Å². The zero-order chi connectivity index (χ0) is 18.6. The number of carboxylic acid groups (broad SMARTS) is 1. The number of aryl methyl sites for hydroxylation is 1. The van der Waals surface area contributed by atoms with Gasteiger partial charge in [-0.05, 0) is 58.1 Å². The summed E-state index contributed by atoms with van der Waals surface area (Å²) >= 11 is 3.70. The van der Waals surface area contributed by atoms with Crippen molar-refractivity contribution >= 4 is 38.5 Å². The molecule has 0 saturated heterocycles. The molecule has 134 valence electrons. The average Bonchev–Trinajstić information content (AvgIpc) is 2.91. The first-order valence-electron chi connectivity index (χ1n) is 8.72. The van der Waals surface area contributed by atoms with Crippen LogP contribution in [-0.2, 0) is 17.8 Å². The number of aliphatic carboxylic acids is 1. The number of hydrogen-bond donors (Lipinski definition) is 1. The Morgan fingerprint density at radius 2 is 1.88 bits per heavy atom. The number of hydrogen-bond acceptors (Lipinski definition) is 2. The molecular weight excluding hydrogens is 392 g/mol. The van der Waals surface area contributed by atoms with E-state index in [0.717, 1.165) is 51.0 Å². The zero-order valence-corrected chi connectivity index (χ0v) is 16.7. The third-order valence-corrected chi connectivity index (χ3v) is 6.02.